The van der Waals surface area contributed by atoms with Crippen LogP contribution in [0.15, 0.2) is 4.90 Å². The van der Waals surface area contributed by atoms with Crippen molar-refractivity contribution in [3.05, 3.63) is 0 Å². The molecule has 1 aromatic rings. The van der Waals surface area contributed by atoms with Crippen LogP contribution in [0.3, 0.4) is 0 Å². The number of aliphatic hydroxyl groups excluding tert-OH is 1. The minimum Gasteiger partial charge on any atom is -0.396 e. The first-order chi connectivity index (χ1) is 9.49. The van der Waals surface area contributed by atoms with Gasteiger partial charge >= 0.3 is 0 Å². The fourth-order valence-corrected chi connectivity index (χ4v) is 5.38. The summed E-state index contributed by atoms with van der Waals surface area (Å²) in [7, 11) is -3.36. The second kappa shape index (κ2) is 6.28. The highest BCUT2D eigenvalue weighted by atomic mass is 32.2. The van der Waals surface area contributed by atoms with Crippen molar-refractivity contribution in [3.63, 3.8) is 0 Å². The molecule has 1 unspecified atom stereocenters. The van der Waals surface area contributed by atoms with Gasteiger partial charge in [0.05, 0.1) is 5.75 Å². The summed E-state index contributed by atoms with van der Waals surface area (Å²) in [4.78, 5) is 2.24. The van der Waals surface area contributed by atoms with Crippen LogP contribution in [0.4, 0.5) is 10.8 Å². The van der Waals surface area contributed by atoms with E-state index in [1.807, 2.05) is 11.8 Å². The van der Waals surface area contributed by atoms with Crippen molar-refractivity contribution in [2.24, 2.45) is 5.92 Å². The van der Waals surface area contributed by atoms with Crippen LogP contribution in [-0.4, -0.2) is 43.3 Å². The maximum absolute atomic E-state index is 12.3. The monoisotopic (exact) mass is 319 g/mol. The number of anilines is 2. The predicted molar refractivity (Wildman–Crippen MR) is 80.9 cm³/mol. The molecule has 2 heterocycles. The molecular weight excluding hydrogens is 298 g/mol. The van der Waals surface area contributed by atoms with Gasteiger partial charge in [-0.3, -0.25) is 0 Å². The zero-order valence-corrected chi connectivity index (χ0v) is 13.2. The van der Waals surface area contributed by atoms with Crippen molar-refractivity contribution >= 4 is 32.2 Å². The summed E-state index contributed by atoms with van der Waals surface area (Å²) >= 11 is 1.16. The third-order valence-corrected chi connectivity index (χ3v) is 6.57. The predicted octanol–water partition coefficient (Wildman–Crippen LogP) is 1.12. The van der Waals surface area contributed by atoms with E-state index in [4.69, 9.17) is 10.8 Å². The molecule has 0 aromatic carbocycles. The molecule has 1 aliphatic heterocycles. The first-order valence-electron chi connectivity index (χ1n) is 6.83. The van der Waals surface area contributed by atoms with Crippen LogP contribution in [0.1, 0.15) is 26.2 Å². The molecule has 0 amide bonds. The molecule has 0 aliphatic carbocycles. The van der Waals surface area contributed by atoms with E-state index >= 15 is 0 Å². The van der Waals surface area contributed by atoms with E-state index in [2.05, 4.69) is 4.37 Å². The highest BCUT2D eigenvalue weighted by Crippen LogP contribution is 2.38. The smallest absolute Gasteiger partial charge is 0.185 e. The Bertz CT molecular complexity index is 556. The van der Waals surface area contributed by atoms with Crippen molar-refractivity contribution < 1.29 is 13.5 Å². The quantitative estimate of drug-likeness (QED) is 0.815. The largest absolute Gasteiger partial charge is 0.396 e. The first kappa shape index (κ1) is 15.5. The summed E-state index contributed by atoms with van der Waals surface area (Å²) in [6, 6.07) is 0. The van der Waals surface area contributed by atoms with Crippen LogP contribution >= 0.6 is 11.5 Å². The summed E-state index contributed by atoms with van der Waals surface area (Å²) in [5.74, 6) is 0.616. The molecule has 114 valence electrons. The molecule has 0 bridgehead atoms. The first-order valence-corrected chi connectivity index (χ1v) is 9.25. The standard InChI is InChI=1S/C12H21N3O3S2/c1-2-7-20(17,18)10-11(13)14-19-12(10)15-5-3-9(8-15)4-6-16/h9,16H,2-8H2,1H3,(H2,13,14). The number of aliphatic hydroxyl groups is 1. The molecule has 1 saturated heterocycles. The van der Waals surface area contributed by atoms with Gasteiger partial charge in [0.2, 0.25) is 0 Å². The van der Waals surface area contributed by atoms with Crippen molar-refractivity contribution in [3.8, 4) is 0 Å². The fourth-order valence-electron chi connectivity index (χ4n) is 2.58. The summed E-state index contributed by atoms with van der Waals surface area (Å²) in [6.45, 7) is 3.56. The minimum atomic E-state index is -3.36. The number of hydrogen-bond acceptors (Lipinski definition) is 7. The number of nitrogens with zero attached hydrogens (tertiary/aromatic N) is 2. The molecule has 1 atom stereocenters. The number of aromatic nitrogens is 1. The highest BCUT2D eigenvalue weighted by molar-refractivity contribution is 7.91. The molecule has 20 heavy (non-hydrogen) atoms. The van der Waals surface area contributed by atoms with Crippen LogP contribution in [0.25, 0.3) is 0 Å². The van der Waals surface area contributed by atoms with Gasteiger partial charge in [-0.15, -0.1) is 0 Å². The third kappa shape index (κ3) is 3.07. The van der Waals surface area contributed by atoms with E-state index in [0.29, 0.717) is 17.3 Å². The molecule has 3 N–H and O–H groups in total. The number of nitrogens with two attached hydrogens (primary N) is 1. The van der Waals surface area contributed by atoms with Gasteiger partial charge < -0.3 is 15.7 Å². The Hall–Kier alpha value is -0.860. The molecule has 1 fully saturated rings. The average Bonchev–Trinajstić information content (AvgIpc) is 2.96. The molecule has 0 radical (unpaired) electrons. The van der Waals surface area contributed by atoms with Crippen LogP contribution < -0.4 is 10.6 Å². The van der Waals surface area contributed by atoms with Gasteiger partial charge in [0.1, 0.15) is 9.90 Å². The third-order valence-electron chi connectivity index (χ3n) is 3.55. The molecule has 0 spiro atoms. The second-order valence-corrected chi connectivity index (χ2v) is 7.93. The van der Waals surface area contributed by atoms with Gasteiger partial charge in [0, 0.05) is 19.7 Å². The van der Waals surface area contributed by atoms with E-state index in [1.54, 1.807) is 0 Å². The summed E-state index contributed by atoms with van der Waals surface area (Å²) in [6.07, 6.45) is 2.28. The van der Waals surface area contributed by atoms with Crippen molar-refractivity contribution in [2.45, 2.75) is 31.1 Å². The minimum absolute atomic E-state index is 0.0938. The van der Waals surface area contributed by atoms with E-state index in [0.717, 1.165) is 37.5 Å². The van der Waals surface area contributed by atoms with E-state index in [9.17, 15) is 8.42 Å². The van der Waals surface area contributed by atoms with Crippen molar-refractivity contribution in [2.75, 3.05) is 36.1 Å². The number of hydrogen-bond donors (Lipinski definition) is 2. The van der Waals surface area contributed by atoms with Crippen LogP contribution in [-0.2, 0) is 9.84 Å². The van der Waals surface area contributed by atoms with Crippen LogP contribution in [0.2, 0.25) is 0 Å². The lowest BCUT2D eigenvalue weighted by Gasteiger charge is -2.18. The Morgan fingerprint density at radius 2 is 2.30 bits per heavy atom. The topological polar surface area (TPSA) is 96.5 Å². The Kier molecular flexibility index (Phi) is 4.87. The lowest BCUT2D eigenvalue weighted by atomic mass is 10.1. The fraction of sp³-hybridized carbons (Fsp3) is 0.750. The zero-order chi connectivity index (χ0) is 14.8. The molecule has 1 aromatic heterocycles. The average molecular weight is 319 g/mol. The lowest BCUT2D eigenvalue weighted by Crippen LogP contribution is -2.21. The number of sulfone groups is 1. The summed E-state index contributed by atoms with van der Waals surface area (Å²) in [5, 5.41) is 9.66. The van der Waals surface area contributed by atoms with E-state index in [1.165, 1.54) is 0 Å². The Balaban J connectivity index is 2.26. The summed E-state index contributed by atoms with van der Waals surface area (Å²) < 4.78 is 28.7. The molecule has 6 nitrogen and oxygen atoms in total. The van der Waals surface area contributed by atoms with Gasteiger partial charge in [-0.05, 0) is 36.7 Å². The van der Waals surface area contributed by atoms with Crippen molar-refractivity contribution in [1.82, 2.24) is 4.37 Å². The second-order valence-electron chi connectivity index (χ2n) is 5.13. The van der Waals surface area contributed by atoms with Gasteiger partial charge in [-0.25, -0.2) is 8.42 Å². The lowest BCUT2D eigenvalue weighted by molar-refractivity contribution is 0.263. The van der Waals surface area contributed by atoms with Gasteiger partial charge in [0.15, 0.2) is 15.7 Å². The van der Waals surface area contributed by atoms with Crippen LogP contribution in [0.5, 0.6) is 0 Å². The number of nitrogen functional groups attached to an aromatic ring is 1. The molecular formula is C12H21N3O3S2. The van der Waals surface area contributed by atoms with Gasteiger partial charge in [-0.2, -0.15) is 4.37 Å². The SMILES string of the molecule is CCCS(=O)(=O)c1c(N)nsc1N1CCC(CCO)C1. The maximum Gasteiger partial charge on any atom is 0.185 e. The normalized spacial score (nSPS) is 19.7. The number of rotatable bonds is 6. The van der Waals surface area contributed by atoms with Crippen molar-refractivity contribution in [1.29, 1.82) is 0 Å². The van der Waals surface area contributed by atoms with Gasteiger partial charge in [0.25, 0.3) is 0 Å². The van der Waals surface area contributed by atoms with E-state index < -0.39 is 9.84 Å². The maximum atomic E-state index is 12.3. The Morgan fingerprint density at radius 3 is 2.95 bits per heavy atom. The molecule has 0 saturated carbocycles. The van der Waals surface area contributed by atoms with Crippen LogP contribution in [0, 0.1) is 5.92 Å². The highest BCUT2D eigenvalue weighted by Gasteiger charge is 2.31. The van der Waals surface area contributed by atoms with E-state index in [-0.39, 0.29) is 23.1 Å². The molecule has 8 heteroatoms. The Morgan fingerprint density at radius 1 is 1.55 bits per heavy atom. The van der Waals surface area contributed by atoms with Gasteiger partial charge in [-0.1, -0.05) is 6.92 Å². The summed E-state index contributed by atoms with van der Waals surface area (Å²) in [5.41, 5.74) is 5.77. The molecule has 2 rings (SSSR count). The zero-order valence-electron chi connectivity index (χ0n) is 11.6. The Labute approximate surface area is 123 Å². The molecule has 1 aliphatic rings.